The number of nitrogen functional groups attached to an aromatic ring is 1. The fourth-order valence-corrected chi connectivity index (χ4v) is 3.07. The van der Waals surface area contributed by atoms with E-state index in [1.807, 2.05) is 19.1 Å². The van der Waals surface area contributed by atoms with E-state index >= 15 is 0 Å². The lowest BCUT2D eigenvalue weighted by Gasteiger charge is -2.32. The number of rotatable bonds is 6. The Balaban J connectivity index is 0.00000288. The number of piperidine rings is 1. The summed E-state index contributed by atoms with van der Waals surface area (Å²) in [4.78, 5) is 14.9. The molecule has 0 bridgehead atoms. The van der Waals surface area contributed by atoms with Crippen LogP contribution < -0.4 is 11.1 Å². The van der Waals surface area contributed by atoms with Crippen molar-refractivity contribution in [1.29, 1.82) is 0 Å². The predicted molar refractivity (Wildman–Crippen MR) is 111 cm³/mol. The topological polar surface area (TPSA) is 58.4 Å². The molecule has 1 aromatic rings. The van der Waals surface area contributed by atoms with Crippen LogP contribution in [0.4, 0.5) is 5.69 Å². The molecule has 1 fully saturated rings. The summed E-state index contributed by atoms with van der Waals surface area (Å²) in [7, 11) is 0. The van der Waals surface area contributed by atoms with E-state index < -0.39 is 0 Å². The first-order valence-electron chi connectivity index (χ1n) is 8.82. The number of nitrogens with zero attached hydrogens (tertiary/aromatic N) is 1. The molecule has 0 atom stereocenters. The summed E-state index contributed by atoms with van der Waals surface area (Å²) < 4.78 is 0. The van der Waals surface area contributed by atoms with Gasteiger partial charge in [-0.2, -0.15) is 0 Å². The molecule has 1 aliphatic heterocycles. The number of hydrogen-bond acceptors (Lipinski definition) is 3. The number of carbonyl (C=O) groups is 1. The highest BCUT2D eigenvalue weighted by Gasteiger charge is 2.20. The van der Waals surface area contributed by atoms with Crippen LogP contribution in [0.25, 0.3) is 0 Å². The van der Waals surface area contributed by atoms with E-state index in [1.54, 1.807) is 6.07 Å². The fourth-order valence-electron chi connectivity index (χ4n) is 3.07. The standard InChI is InChI=1S/C19H31N3O.2ClH/c1-14(2)6-9-22-10-7-16(8-11-22)13-21-19(23)18-12-17(20)5-4-15(18)3;;/h4-5,12,14,16H,6-11,13,20H2,1-3H3,(H,21,23);2*1H. The summed E-state index contributed by atoms with van der Waals surface area (Å²) in [6.07, 6.45) is 3.62. The van der Waals surface area contributed by atoms with Crippen molar-refractivity contribution in [3.8, 4) is 0 Å². The van der Waals surface area contributed by atoms with Gasteiger partial charge in [0.15, 0.2) is 0 Å². The lowest BCUT2D eigenvalue weighted by atomic mass is 9.96. The number of carbonyl (C=O) groups excluding carboxylic acids is 1. The van der Waals surface area contributed by atoms with Crippen molar-refractivity contribution in [3.05, 3.63) is 29.3 Å². The van der Waals surface area contributed by atoms with Crippen molar-refractivity contribution in [2.45, 2.75) is 40.0 Å². The minimum Gasteiger partial charge on any atom is -0.399 e. The highest BCUT2D eigenvalue weighted by atomic mass is 35.5. The lowest BCUT2D eigenvalue weighted by molar-refractivity contribution is 0.0935. The number of likely N-dealkylation sites (tertiary alicyclic amines) is 1. The van der Waals surface area contributed by atoms with Gasteiger partial charge in [0.1, 0.15) is 0 Å². The molecular formula is C19H33Cl2N3O. The number of halogens is 2. The van der Waals surface area contributed by atoms with Gasteiger partial charge in [0.05, 0.1) is 0 Å². The molecule has 0 radical (unpaired) electrons. The largest absolute Gasteiger partial charge is 0.399 e. The molecule has 0 spiro atoms. The summed E-state index contributed by atoms with van der Waals surface area (Å²) in [5, 5.41) is 3.09. The monoisotopic (exact) mass is 389 g/mol. The van der Waals surface area contributed by atoms with Crippen LogP contribution in [0.2, 0.25) is 0 Å². The van der Waals surface area contributed by atoms with Crippen molar-refractivity contribution in [2.24, 2.45) is 11.8 Å². The Kier molecular flexibility index (Phi) is 11.2. The van der Waals surface area contributed by atoms with Gasteiger partial charge in [-0.15, -0.1) is 24.8 Å². The third-order valence-electron chi connectivity index (χ3n) is 4.79. The Hall–Kier alpha value is -0.970. The predicted octanol–water partition coefficient (Wildman–Crippen LogP) is 3.91. The summed E-state index contributed by atoms with van der Waals surface area (Å²) in [6, 6.07) is 5.50. The third-order valence-corrected chi connectivity index (χ3v) is 4.79. The molecular weight excluding hydrogens is 357 g/mol. The minimum atomic E-state index is -0.00274. The fraction of sp³-hybridized carbons (Fsp3) is 0.632. The average Bonchev–Trinajstić information content (AvgIpc) is 2.53. The van der Waals surface area contributed by atoms with Crippen LogP contribution in [0.5, 0.6) is 0 Å². The van der Waals surface area contributed by atoms with Crippen LogP contribution in [-0.4, -0.2) is 37.0 Å². The number of benzene rings is 1. The lowest BCUT2D eigenvalue weighted by Crippen LogP contribution is -2.39. The van der Waals surface area contributed by atoms with Gasteiger partial charge < -0.3 is 16.0 Å². The van der Waals surface area contributed by atoms with E-state index in [0.717, 1.165) is 31.1 Å². The molecule has 0 aliphatic carbocycles. The number of anilines is 1. The molecule has 144 valence electrons. The molecule has 0 saturated carbocycles. The summed E-state index contributed by atoms with van der Waals surface area (Å²) >= 11 is 0. The van der Waals surface area contributed by atoms with E-state index in [1.165, 1.54) is 25.8 Å². The maximum Gasteiger partial charge on any atom is 0.251 e. The first kappa shape index (κ1) is 24.0. The van der Waals surface area contributed by atoms with Crippen molar-refractivity contribution < 1.29 is 4.79 Å². The van der Waals surface area contributed by atoms with Crippen molar-refractivity contribution in [3.63, 3.8) is 0 Å². The molecule has 0 aromatic heterocycles. The second-order valence-electron chi connectivity index (χ2n) is 7.25. The Bertz CT molecular complexity index is 529. The molecule has 2 rings (SSSR count). The van der Waals surface area contributed by atoms with Gasteiger partial charge in [-0.05, 0) is 75.4 Å². The van der Waals surface area contributed by atoms with E-state index in [2.05, 4.69) is 24.1 Å². The van der Waals surface area contributed by atoms with Gasteiger partial charge in [-0.3, -0.25) is 4.79 Å². The van der Waals surface area contributed by atoms with Crippen molar-refractivity contribution in [2.75, 3.05) is 31.9 Å². The van der Waals surface area contributed by atoms with Crippen molar-refractivity contribution in [1.82, 2.24) is 10.2 Å². The van der Waals surface area contributed by atoms with Crippen LogP contribution in [0, 0.1) is 18.8 Å². The van der Waals surface area contributed by atoms with E-state index in [-0.39, 0.29) is 30.7 Å². The second kappa shape index (κ2) is 11.6. The number of hydrogen-bond donors (Lipinski definition) is 2. The zero-order valence-corrected chi connectivity index (χ0v) is 17.2. The Morgan fingerprint density at radius 3 is 2.52 bits per heavy atom. The third kappa shape index (κ3) is 7.85. The molecule has 1 aromatic carbocycles. The van der Waals surface area contributed by atoms with Crippen LogP contribution in [0.3, 0.4) is 0 Å². The van der Waals surface area contributed by atoms with Gasteiger partial charge in [0, 0.05) is 17.8 Å². The average molecular weight is 390 g/mol. The Morgan fingerprint density at radius 1 is 1.28 bits per heavy atom. The summed E-state index contributed by atoms with van der Waals surface area (Å²) in [6.45, 7) is 10.8. The molecule has 4 nitrogen and oxygen atoms in total. The minimum absolute atomic E-state index is 0. The Morgan fingerprint density at radius 2 is 1.92 bits per heavy atom. The second-order valence-corrected chi connectivity index (χ2v) is 7.25. The molecule has 0 unspecified atom stereocenters. The first-order valence-corrected chi connectivity index (χ1v) is 8.82. The Labute approximate surface area is 164 Å². The zero-order chi connectivity index (χ0) is 16.8. The smallest absolute Gasteiger partial charge is 0.251 e. The zero-order valence-electron chi connectivity index (χ0n) is 15.6. The van der Waals surface area contributed by atoms with Gasteiger partial charge in [-0.1, -0.05) is 19.9 Å². The quantitative estimate of drug-likeness (QED) is 0.724. The van der Waals surface area contributed by atoms with E-state index in [4.69, 9.17) is 5.73 Å². The molecule has 1 heterocycles. The van der Waals surface area contributed by atoms with Crippen LogP contribution in [0.15, 0.2) is 18.2 Å². The van der Waals surface area contributed by atoms with Gasteiger partial charge in [-0.25, -0.2) is 0 Å². The molecule has 1 aliphatic rings. The molecule has 6 heteroatoms. The van der Waals surface area contributed by atoms with Gasteiger partial charge in [0.2, 0.25) is 0 Å². The molecule has 1 amide bonds. The summed E-state index contributed by atoms with van der Waals surface area (Å²) in [5.74, 6) is 1.36. The van der Waals surface area contributed by atoms with E-state index in [0.29, 0.717) is 17.2 Å². The van der Waals surface area contributed by atoms with Gasteiger partial charge >= 0.3 is 0 Å². The molecule has 25 heavy (non-hydrogen) atoms. The van der Waals surface area contributed by atoms with Crippen LogP contribution >= 0.6 is 24.8 Å². The first-order chi connectivity index (χ1) is 11.0. The number of nitrogens with one attached hydrogen (secondary N) is 1. The highest BCUT2D eigenvalue weighted by molar-refractivity contribution is 5.96. The number of aryl methyl sites for hydroxylation is 1. The SMILES string of the molecule is Cc1ccc(N)cc1C(=O)NCC1CCN(CCC(C)C)CC1.Cl.Cl. The van der Waals surface area contributed by atoms with Crippen LogP contribution in [-0.2, 0) is 0 Å². The summed E-state index contributed by atoms with van der Waals surface area (Å²) in [5.41, 5.74) is 8.09. The van der Waals surface area contributed by atoms with Crippen molar-refractivity contribution >= 4 is 36.4 Å². The molecule has 3 N–H and O–H groups in total. The van der Waals surface area contributed by atoms with Crippen LogP contribution in [0.1, 0.15) is 49.0 Å². The maximum absolute atomic E-state index is 12.3. The normalized spacial score (nSPS) is 15.4. The van der Waals surface area contributed by atoms with Gasteiger partial charge in [0.25, 0.3) is 5.91 Å². The highest BCUT2D eigenvalue weighted by Crippen LogP contribution is 2.18. The number of nitrogens with two attached hydrogens (primary N) is 1. The molecule has 1 saturated heterocycles. The number of amides is 1. The van der Waals surface area contributed by atoms with E-state index in [9.17, 15) is 4.79 Å². The maximum atomic E-state index is 12.3.